The van der Waals surface area contributed by atoms with Crippen molar-refractivity contribution in [3.8, 4) is 17.5 Å². The van der Waals surface area contributed by atoms with Crippen molar-refractivity contribution < 1.29 is 29.6 Å². The monoisotopic (exact) mass is 419 g/mol. The van der Waals surface area contributed by atoms with Crippen LogP contribution in [-0.4, -0.2) is 79.7 Å². The smallest absolute Gasteiger partial charge is 0.407 e. The number of aliphatic hydroxyl groups is 2. The van der Waals surface area contributed by atoms with Gasteiger partial charge >= 0.3 is 6.09 Å². The zero-order valence-electron chi connectivity index (χ0n) is 16.6. The lowest BCUT2D eigenvalue weighted by atomic mass is 10.1. The second-order valence-corrected chi connectivity index (χ2v) is 6.88. The summed E-state index contributed by atoms with van der Waals surface area (Å²) in [6.45, 7) is 2.48. The summed E-state index contributed by atoms with van der Waals surface area (Å²) < 4.78 is 11.6. The molecule has 2 aromatic heterocycles. The number of amides is 1. The SMILES string of the molecule is Cc1nc(NCC(O)CO)ccc1Oc1cc(OC2CCN(C(=O)O)CC2)ncn1. The number of nitrogens with one attached hydrogen (secondary N) is 1. The predicted octanol–water partition coefficient (Wildman–Crippen LogP) is 1.26. The number of hydrogen-bond donors (Lipinski definition) is 4. The Labute approximate surface area is 173 Å². The van der Waals surface area contributed by atoms with Gasteiger partial charge in [-0.2, -0.15) is 0 Å². The topological polar surface area (TPSA) is 150 Å². The standard InChI is InChI=1S/C19H25N5O6/c1-12-15(2-3-16(23-12)20-9-13(26)10-25)30-18-8-17(21-11-22-18)29-14-4-6-24(7-5-14)19(27)28/h2-3,8,11,13-14,25-26H,4-7,9-10H2,1H3,(H,20,23)(H,27,28). The van der Waals surface area contributed by atoms with Gasteiger partial charge < -0.3 is 35.0 Å². The highest BCUT2D eigenvalue weighted by Gasteiger charge is 2.24. The van der Waals surface area contributed by atoms with Crippen LogP contribution in [0.5, 0.6) is 17.5 Å². The van der Waals surface area contributed by atoms with Crippen molar-refractivity contribution in [3.05, 3.63) is 30.2 Å². The normalized spacial score (nSPS) is 15.5. The molecule has 3 heterocycles. The van der Waals surface area contributed by atoms with E-state index in [1.165, 1.54) is 11.2 Å². The molecule has 11 nitrogen and oxygen atoms in total. The molecule has 1 amide bonds. The lowest BCUT2D eigenvalue weighted by Gasteiger charge is -2.29. The van der Waals surface area contributed by atoms with E-state index in [4.69, 9.17) is 19.7 Å². The van der Waals surface area contributed by atoms with Crippen LogP contribution in [-0.2, 0) is 0 Å². The van der Waals surface area contributed by atoms with Gasteiger partial charge in [-0.3, -0.25) is 0 Å². The lowest BCUT2D eigenvalue weighted by molar-refractivity contribution is 0.0869. The summed E-state index contributed by atoms with van der Waals surface area (Å²) in [4.78, 5) is 24.9. The Balaban J connectivity index is 1.58. The molecule has 1 atom stereocenters. The third-order valence-corrected chi connectivity index (χ3v) is 4.60. The van der Waals surface area contributed by atoms with Gasteiger partial charge in [0, 0.05) is 32.5 Å². The minimum Gasteiger partial charge on any atom is -0.474 e. The molecular weight excluding hydrogens is 394 g/mol. The fourth-order valence-corrected chi connectivity index (χ4v) is 2.93. The van der Waals surface area contributed by atoms with Gasteiger partial charge in [-0.15, -0.1) is 0 Å². The average Bonchev–Trinajstić information content (AvgIpc) is 2.74. The molecule has 4 N–H and O–H groups in total. The molecule has 0 radical (unpaired) electrons. The van der Waals surface area contributed by atoms with Gasteiger partial charge in [-0.05, 0) is 19.1 Å². The second-order valence-electron chi connectivity index (χ2n) is 6.88. The Morgan fingerprint density at radius 1 is 1.30 bits per heavy atom. The van der Waals surface area contributed by atoms with Crippen molar-refractivity contribution in [1.29, 1.82) is 0 Å². The van der Waals surface area contributed by atoms with Gasteiger partial charge in [0.2, 0.25) is 11.8 Å². The Morgan fingerprint density at radius 2 is 2.03 bits per heavy atom. The molecule has 0 aliphatic carbocycles. The van der Waals surface area contributed by atoms with Gasteiger partial charge in [0.05, 0.1) is 24.5 Å². The van der Waals surface area contributed by atoms with E-state index in [0.717, 1.165) is 0 Å². The van der Waals surface area contributed by atoms with E-state index in [9.17, 15) is 9.90 Å². The maximum atomic E-state index is 11.0. The third kappa shape index (κ3) is 5.91. The molecule has 1 saturated heterocycles. The van der Waals surface area contributed by atoms with E-state index in [1.807, 2.05) is 0 Å². The number of aliphatic hydroxyl groups excluding tert-OH is 2. The number of anilines is 1. The molecule has 0 spiro atoms. The largest absolute Gasteiger partial charge is 0.474 e. The number of pyridine rings is 1. The van der Waals surface area contributed by atoms with Crippen LogP contribution < -0.4 is 14.8 Å². The Hall–Kier alpha value is -3.18. The molecule has 1 aliphatic heterocycles. The number of hydrogen-bond acceptors (Lipinski definition) is 9. The Kier molecular flexibility index (Phi) is 7.20. The zero-order valence-corrected chi connectivity index (χ0v) is 16.6. The van der Waals surface area contributed by atoms with Crippen molar-refractivity contribution in [1.82, 2.24) is 19.9 Å². The molecule has 0 saturated carbocycles. The molecule has 3 rings (SSSR count). The number of likely N-dealkylation sites (tertiary alicyclic amines) is 1. The van der Waals surface area contributed by atoms with Crippen LogP contribution in [0.2, 0.25) is 0 Å². The maximum absolute atomic E-state index is 11.0. The van der Waals surface area contributed by atoms with Crippen LogP contribution in [0.4, 0.5) is 10.6 Å². The highest BCUT2D eigenvalue weighted by Crippen LogP contribution is 2.26. The van der Waals surface area contributed by atoms with E-state index in [-0.39, 0.29) is 19.3 Å². The maximum Gasteiger partial charge on any atom is 0.407 e. The first-order valence-electron chi connectivity index (χ1n) is 9.59. The number of aromatic nitrogens is 3. The number of carbonyl (C=O) groups is 1. The minimum atomic E-state index is -0.916. The van der Waals surface area contributed by atoms with E-state index in [0.29, 0.717) is 55.0 Å². The summed E-state index contributed by atoms with van der Waals surface area (Å²) in [5.74, 6) is 1.70. The Morgan fingerprint density at radius 3 is 2.70 bits per heavy atom. The first kappa shape index (κ1) is 21.5. The Bertz CT molecular complexity index is 859. The van der Waals surface area contributed by atoms with Crippen LogP contribution in [0.25, 0.3) is 0 Å². The molecule has 162 valence electrons. The van der Waals surface area contributed by atoms with Gasteiger partial charge in [0.15, 0.2) is 5.75 Å². The molecule has 2 aromatic rings. The molecule has 30 heavy (non-hydrogen) atoms. The minimum absolute atomic E-state index is 0.119. The summed E-state index contributed by atoms with van der Waals surface area (Å²) in [5.41, 5.74) is 0.612. The van der Waals surface area contributed by atoms with Crippen LogP contribution in [0.15, 0.2) is 24.5 Å². The van der Waals surface area contributed by atoms with Gasteiger partial charge in [0.1, 0.15) is 18.2 Å². The van der Waals surface area contributed by atoms with Crippen molar-refractivity contribution in [3.63, 3.8) is 0 Å². The number of aryl methyl sites for hydroxylation is 1. The van der Waals surface area contributed by atoms with E-state index in [1.54, 1.807) is 25.1 Å². The van der Waals surface area contributed by atoms with Gasteiger partial charge in [-0.1, -0.05) is 0 Å². The summed E-state index contributed by atoms with van der Waals surface area (Å²) in [5, 5.41) is 30.2. The second kappa shape index (κ2) is 10.0. The highest BCUT2D eigenvalue weighted by atomic mass is 16.5. The quantitative estimate of drug-likeness (QED) is 0.492. The molecule has 1 fully saturated rings. The number of ether oxygens (including phenoxy) is 2. The number of carboxylic acid groups (broad SMARTS) is 1. The molecule has 0 aromatic carbocycles. The number of piperidine rings is 1. The lowest BCUT2D eigenvalue weighted by Crippen LogP contribution is -2.41. The van der Waals surface area contributed by atoms with E-state index in [2.05, 4.69) is 20.3 Å². The predicted molar refractivity (Wildman–Crippen MR) is 106 cm³/mol. The fourth-order valence-electron chi connectivity index (χ4n) is 2.93. The fraction of sp³-hybridized carbons (Fsp3) is 0.474. The van der Waals surface area contributed by atoms with Gasteiger partial charge in [-0.25, -0.2) is 19.7 Å². The summed E-state index contributed by atoms with van der Waals surface area (Å²) >= 11 is 0. The molecule has 1 aliphatic rings. The van der Waals surface area contributed by atoms with Crippen LogP contribution in [0.3, 0.4) is 0 Å². The summed E-state index contributed by atoms with van der Waals surface area (Å²) in [6.07, 6.45) is 0.627. The van der Waals surface area contributed by atoms with E-state index < -0.39 is 12.2 Å². The van der Waals surface area contributed by atoms with E-state index >= 15 is 0 Å². The average molecular weight is 419 g/mol. The molecule has 0 bridgehead atoms. The summed E-state index contributed by atoms with van der Waals surface area (Å²) in [6, 6.07) is 4.99. The van der Waals surface area contributed by atoms with Crippen molar-refractivity contribution >= 4 is 11.9 Å². The highest BCUT2D eigenvalue weighted by molar-refractivity contribution is 5.65. The van der Waals surface area contributed by atoms with Crippen molar-refractivity contribution in [2.45, 2.75) is 32.0 Å². The van der Waals surface area contributed by atoms with Crippen LogP contribution >= 0.6 is 0 Å². The zero-order chi connectivity index (χ0) is 21.5. The summed E-state index contributed by atoms with van der Waals surface area (Å²) in [7, 11) is 0. The number of rotatable bonds is 8. The number of nitrogens with zero attached hydrogens (tertiary/aromatic N) is 4. The first-order chi connectivity index (χ1) is 14.4. The molecule has 11 heteroatoms. The van der Waals surface area contributed by atoms with Crippen molar-refractivity contribution in [2.24, 2.45) is 0 Å². The van der Waals surface area contributed by atoms with Crippen LogP contribution in [0.1, 0.15) is 18.5 Å². The van der Waals surface area contributed by atoms with Crippen molar-refractivity contribution in [2.75, 3.05) is 31.6 Å². The third-order valence-electron chi connectivity index (χ3n) is 4.60. The molecule has 1 unspecified atom stereocenters. The first-order valence-corrected chi connectivity index (χ1v) is 9.59. The molecular formula is C19H25N5O6. The van der Waals surface area contributed by atoms with Crippen LogP contribution in [0, 0.1) is 6.92 Å². The van der Waals surface area contributed by atoms with Gasteiger partial charge in [0.25, 0.3) is 0 Å².